The number of carbonyl (C=O) groups excluding carboxylic acids is 1. The number of benzene rings is 6. The number of ether oxygens (including phenoxy) is 2. The molecule has 0 aliphatic carbocycles. The summed E-state index contributed by atoms with van der Waals surface area (Å²) in [5.74, 6) is 1.06. The molecule has 0 saturated heterocycles. The highest BCUT2D eigenvalue weighted by Crippen LogP contribution is 2.59. The lowest BCUT2D eigenvalue weighted by Gasteiger charge is -2.37. The molecule has 0 radical (unpaired) electrons. The van der Waals surface area contributed by atoms with Crippen molar-refractivity contribution >= 4 is 38.3 Å². The van der Waals surface area contributed by atoms with Gasteiger partial charge in [0.15, 0.2) is 5.60 Å². The molecule has 0 amide bonds. The molecular weight excluding hydrogens is 464 g/mol. The molecule has 2 N–H and O–H groups in total. The van der Waals surface area contributed by atoms with E-state index in [4.69, 9.17) is 9.47 Å². The average molecular weight is 482 g/mol. The number of fused-ring (bicyclic) bond motifs is 11. The summed E-state index contributed by atoms with van der Waals surface area (Å²) in [6, 6.07) is 29.8. The fraction of sp³-hybridized carbons (Fsp3) is 0.0312. The SMILES string of the molecule is O=C1OC2(c3cc4ccccc4cc31)c1ccc3cc(O)ccc3c1Oc1c2ccc2cc(O)ccc12. The van der Waals surface area contributed by atoms with Crippen LogP contribution < -0.4 is 4.74 Å². The summed E-state index contributed by atoms with van der Waals surface area (Å²) in [7, 11) is 0. The molecule has 1 spiro atoms. The number of esters is 1. The van der Waals surface area contributed by atoms with E-state index < -0.39 is 11.6 Å². The molecule has 6 aromatic carbocycles. The number of rotatable bonds is 0. The molecule has 0 fully saturated rings. The molecule has 6 aromatic rings. The van der Waals surface area contributed by atoms with Gasteiger partial charge in [0.05, 0.1) is 5.56 Å². The first-order valence-electron chi connectivity index (χ1n) is 12.0. The lowest BCUT2D eigenvalue weighted by Crippen LogP contribution is -2.33. The van der Waals surface area contributed by atoms with Gasteiger partial charge < -0.3 is 19.7 Å². The number of phenols is 2. The van der Waals surface area contributed by atoms with E-state index in [2.05, 4.69) is 0 Å². The highest BCUT2D eigenvalue weighted by molar-refractivity contribution is 6.04. The largest absolute Gasteiger partial charge is 0.508 e. The van der Waals surface area contributed by atoms with E-state index in [1.165, 1.54) is 0 Å². The Hall–Kier alpha value is -5.03. The lowest BCUT2D eigenvalue weighted by atomic mass is 9.76. The van der Waals surface area contributed by atoms with Crippen LogP contribution in [0.1, 0.15) is 27.0 Å². The molecule has 0 unspecified atom stereocenters. The summed E-state index contributed by atoms with van der Waals surface area (Å²) < 4.78 is 13.1. The zero-order chi connectivity index (χ0) is 24.9. The van der Waals surface area contributed by atoms with Crippen LogP contribution in [0.4, 0.5) is 0 Å². The topological polar surface area (TPSA) is 76.0 Å². The quantitative estimate of drug-likeness (QED) is 0.225. The standard InChI is InChI=1S/C32H18O5/c33-21-7-9-23-19(13-21)5-11-26-29(23)36-30-24-10-8-22(34)14-20(24)6-12-27(30)32(26)28-16-18-4-2-1-3-17(18)15-25(28)31(35)37-32/h1-16,33-34H. The first kappa shape index (κ1) is 20.2. The van der Waals surface area contributed by atoms with Crippen LogP contribution in [-0.2, 0) is 10.3 Å². The zero-order valence-corrected chi connectivity index (χ0v) is 19.4. The van der Waals surface area contributed by atoms with Gasteiger partial charge in [0.1, 0.15) is 23.0 Å². The number of aromatic hydroxyl groups is 2. The average Bonchev–Trinajstić information content (AvgIpc) is 3.18. The van der Waals surface area contributed by atoms with E-state index in [1.54, 1.807) is 24.3 Å². The van der Waals surface area contributed by atoms with Crippen molar-refractivity contribution in [3.63, 3.8) is 0 Å². The summed E-state index contributed by atoms with van der Waals surface area (Å²) in [4.78, 5) is 13.5. The van der Waals surface area contributed by atoms with Gasteiger partial charge in [-0.25, -0.2) is 4.79 Å². The van der Waals surface area contributed by atoms with Crippen LogP contribution in [0.3, 0.4) is 0 Å². The zero-order valence-electron chi connectivity index (χ0n) is 19.4. The summed E-state index contributed by atoms with van der Waals surface area (Å²) in [6.07, 6.45) is 0. The van der Waals surface area contributed by atoms with Gasteiger partial charge in [-0.05, 0) is 82.2 Å². The number of hydrogen-bond acceptors (Lipinski definition) is 5. The second kappa shape index (κ2) is 6.80. The molecule has 176 valence electrons. The van der Waals surface area contributed by atoms with E-state index >= 15 is 0 Å². The van der Waals surface area contributed by atoms with Gasteiger partial charge in [0, 0.05) is 27.5 Å². The second-order valence-electron chi connectivity index (χ2n) is 9.61. The maximum absolute atomic E-state index is 13.5. The Morgan fingerprint density at radius 3 is 1.73 bits per heavy atom. The molecule has 2 aliphatic heterocycles. The summed E-state index contributed by atoms with van der Waals surface area (Å²) >= 11 is 0. The van der Waals surface area contributed by atoms with E-state index in [1.807, 2.05) is 72.8 Å². The maximum atomic E-state index is 13.5. The first-order valence-corrected chi connectivity index (χ1v) is 12.0. The van der Waals surface area contributed by atoms with Crippen molar-refractivity contribution in [2.24, 2.45) is 0 Å². The molecular formula is C32H18O5. The van der Waals surface area contributed by atoms with Gasteiger partial charge in [0.2, 0.25) is 0 Å². The lowest BCUT2D eigenvalue weighted by molar-refractivity contribution is 0.0226. The van der Waals surface area contributed by atoms with Crippen LogP contribution in [0.2, 0.25) is 0 Å². The van der Waals surface area contributed by atoms with Crippen molar-refractivity contribution in [2.45, 2.75) is 5.60 Å². The minimum Gasteiger partial charge on any atom is -0.508 e. The minimum atomic E-state index is -1.22. The molecule has 0 atom stereocenters. The van der Waals surface area contributed by atoms with Crippen LogP contribution in [-0.4, -0.2) is 16.2 Å². The van der Waals surface area contributed by atoms with Crippen molar-refractivity contribution in [1.82, 2.24) is 0 Å². The van der Waals surface area contributed by atoms with Gasteiger partial charge in [-0.3, -0.25) is 0 Å². The van der Waals surface area contributed by atoms with Crippen molar-refractivity contribution in [3.05, 3.63) is 119 Å². The highest BCUT2D eigenvalue weighted by Gasteiger charge is 2.54. The smallest absolute Gasteiger partial charge is 0.340 e. The monoisotopic (exact) mass is 482 g/mol. The molecule has 0 bridgehead atoms. The van der Waals surface area contributed by atoms with Gasteiger partial charge in [-0.1, -0.05) is 36.4 Å². The molecule has 5 nitrogen and oxygen atoms in total. The molecule has 2 heterocycles. The Morgan fingerprint density at radius 2 is 1.14 bits per heavy atom. The van der Waals surface area contributed by atoms with Crippen LogP contribution in [0.25, 0.3) is 32.3 Å². The van der Waals surface area contributed by atoms with Crippen LogP contribution in [0.15, 0.2) is 97.1 Å². The Morgan fingerprint density at radius 1 is 0.568 bits per heavy atom. The van der Waals surface area contributed by atoms with E-state index in [-0.39, 0.29) is 11.5 Å². The molecule has 37 heavy (non-hydrogen) atoms. The summed E-state index contributed by atoms with van der Waals surface area (Å²) in [5.41, 5.74) is 1.50. The fourth-order valence-corrected chi connectivity index (χ4v) is 5.95. The van der Waals surface area contributed by atoms with Crippen molar-refractivity contribution in [3.8, 4) is 23.0 Å². The minimum absolute atomic E-state index is 0.156. The highest BCUT2D eigenvalue weighted by atomic mass is 16.6. The maximum Gasteiger partial charge on any atom is 0.340 e. The van der Waals surface area contributed by atoms with Gasteiger partial charge in [0.25, 0.3) is 0 Å². The van der Waals surface area contributed by atoms with E-state index in [9.17, 15) is 15.0 Å². The van der Waals surface area contributed by atoms with E-state index in [0.717, 1.165) is 49.0 Å². The Bertz CT molecular complexity index is 1900. The van der Waals surface area contributed by atoms with Crippen LogP contribution in [0, 0.1) is 0 Å². The second-order valence-corrected chi connectivity index (χ2v) is 9.61. The third-order valence-corrected chi connectivity index (χ3v) is 7.60. The third-order valence-electron chi connectivity index (χ3n) is 7.60. The normalized spacial score (nSPS) is 14.9. The van der Waals surface area contributed by atoms with Crippen molar-refractivity contribution in [2.75, 3.05) is 0 Å². The van der Waals surface area contributed by atoms with Crippen LogP contribution in [0.5, 0.6) is 23.0 Å². The first-order chi connectivity index (χ1) is 18.0. The molecule has 0 aromatic heterocycles. The predicted molar refractivity (Wildman–Crippen MR) is 141 cm³/mol. The van der Waals surface area contributed by atoms with Crippen LogP contribution >= 0.6 is 0 Å². The Balaban J connectivity index is 1.55. The summed E-state index contributed by atoms with van der Waals surface area (Å²) in [5, 5.41) is 25.4. The van der Waals surface area contributed by atoms with Gasteiger partial charge >= 0.3 is 5.97 Å². The fourth-order valence-electron chi connectivity index (χ4n) is 5.95. The van der Waals surface area contributed by atoms with Gasteiger partial charge in [-0.15, -0.1) is 0 Å². The number of carbonyl (C=O) groups is 1. The molecule has 8 rings (SSSR count). The summed E-state index contributed by atoms with van der Waals surface area (Å²) in [6.45, 7) is 0. The van der Waals surface area contributed by atoms with Gasteiger partial charge in [-0.2, -0.15) is 0 Å². The Labute approximate surface area is 210 Å². The molecule has 5 heteroatoms. The molecule has 0 saturated carbocycles. The third kappa shape index (κ3) is 2.55. The predicted octanol–water partition coefficient (Wildman–Crippen LogP) is 7.13. The Kier molecular flexibility index (Phi) is 3.71. The molecule has 2 aliphatic rings. The van der Waals surface area contributed by atoms with E-state index in [0.29, 0.717) is 17.1 Å². The number of phenolic OH excluding ortho intramolecular Hbond substituents is 2. The van der Waals surface area contributed by atoms with Crippen molar-refractivity contribution in [1.29, 1.82) is 0 Å². The number of hydrogen-bond donors (Lipinski definition) is 2. The van der Waals surface area contributed by atoms with Crippen molar-refractivity contribution < 1.29 is 24.5 Å².